The number of methoxy groups -OCH3 is 1. The van der Waals surface area contributed by atoms with Crippen molar-refractivity contribution in [1.82, 2.24) is 14.3 Å². The van der Waals surface area contributed by atoms with Gasteiger partial charge in [0.05, 0.1) is 17.8 Å². The van der Waals surface area contributed by atoms with Gasteiger partial charge in [-0.15, -0.1) is 0 Å². The maximum atomic E-state index is 5.90. The van der Waals surface area contributed by atoms with Crippen LogP contribution >= 0.6 is 0 Å². The zero-order chi connectivity index (χ0) is 15.7. The summed E-state index contributed by atoms with van der Waals surface area (Å²) in [5, 5.41) is 5.59. The van der Waals surface area contributed by atoms with Gasteiger partial charge in [-0.1, -0.05) is 0 Å². The van der Waals surface area contributed by atoms with E-state index in [-0.39, 0.29) is 6.10 Å². The van der Waals surface area contributed by atoms with Crippen LogP contribution in [0.15, 0.2) is 36.5 Å². The molecule has 0 saturated carbocycles. The minimum atomic E-state index is 0.0183. The molecule has 0 N–H and O–H groups in total. The third-order valence-corrected chi connectivity index (χ3v) is 3.63. The molecule has 1 aromatic carbocycles. The fourth-order valence-corrected chi connectivity index (χ4v) is 2.70. The molecule has 0 radical (unpaired) electrons. The number of aromatic nitrogens is 3. The number of benzene rings is 1. The summed E-state index contributed by atoms with van der Waals surface area (Å²) in [4.78, 5) is 0. The van der Waals surface area contributed by atoms with Crippen LogP contribution in [0, 0.1) is 6.92 Å². The second-order valence-electron chi connectivity index (χ2n) is 5.56. The lowest BCUT2D eigenvalue weighted by molar-refractivity contribution is 0.0922. The fraction of sp³-hybridized carbons (Fsp3) is 0.353. The van der Waals surface area contributed by atoms with E-state index in [1.54, 1.807) is 7.11 Å². The van der Waals surface area contributed by atoms with Gasteiger partial charge in [0.2, 0.25) is 0 Å². The number of ether oxygens (including phenoxy) is 2. The van der Waals surface area contributed by atoms with E-state index in [0.717, 1.165) is 22.8 Å². The van der Waals surface area contributed by atoms with E-state index in [1.807, 2.05) is 31.6 Å². The van der Waals surface area contributed by atoms with Gasteiger partial charge in [0, 0.05) is 37.9 Å². The number of rotatable bonds is 5. The van der Waals surface area contributed by atoms with Crippen molar-refractivity contribution in [2.45, 2.75) is 20.0 Å². The van der Waals surface area contributed by atoms with Gasteiger partial charge < -0.3 is 14.0 Å². The maximum absolute atomic E-state index is 5.90. The minimum absolute atomic E-state index is 0.0183. The Kier molecular flexibility index (Phi) is 3.90. The first kappa shape index (κ1) is 14.7. The Balaban J connectivity index is 2.00. The van der Waals surface area contributed by atoms with Gasteiger partial charge in [-0.25, -0.2) is 0 Å². The predicted octanol–water partition coefficient (Wildman–Crippen LogP) is 3.09. The van der Waals surface area contributed by atoms with E-state index in [4.69, 9.17) is 9.47 Å². The normalized spacial score (nSPS) is 12.7. The summed E-state index contributed by atoms with van der Waals surface area (Å²) in [5.74, 6) is 1.88. The molecule has 5 heteroatoms. The first-order valence-electron chi connectivity index (χ1n) is 7.36. The molecule has 0 saturated heterocycles. The number of hydrogen-bond acceptors (Lipinski definition) is 3. The summed E-state index contributed by atoms with van der Waals surface area (Å²) >= 11 is 0. The minimum Gasteiger partial charge on any atom is -0.488 e. The van der Waals surface area contributed by atoms with Crippen LogP contribution in [0.1, 0.15) is 12.6 Å². The monoisotopic (exact) mass is 299 g/mol. The lowest BCUT2D eigenvalue weighted by Gasteiger charge is -2.14. The van der Waals surface area contributed by atoms with Crippen molar-refractivity contribution in [3.8, 4) is 11.6 Å². The summed E-state index contributed by atoms with van der Waals surface area (Å²) < 4.78 is 15.0. The molecule has 0 aliphatic rings. The van der Waals surface area contributed by atoms with Crippen molar-refractivity contribution in [3.63, 3.8) is 0 Å². The largest absolute Gasteiger partial charge is 0.488 e. The van der Waals surface area contributed by atoms with Crippen molar-refractivity contribution in [1.29, 1.82) is 0 Å². The second-order valence-corrected chi connectivity index (χ2v) is 5.56. The van der Waals surface area contributed by atoms with Crippen LogP contribution < -0.4 is 4.74 Å². The van der Waals surface area contributed by atoms with Gasteiger partial charge >= 0.3 is 0 Å². The van der Waals surface area contributed by atoms with Crippen LogP contribution in [0.3, 0.4) is 0 Å². The van der Waals surface area contributed by atoms with Crippen LogP contribution in [0.4, 0.5) is 0 Å². The summed E-state index contributed by atoms with van der Waals surface area (Å²) in [5.41, 5.74) is 2.10. The third-order valence-electron chi connectivity index (χ3n) is 3.63. The van der Waals surface area contributed by atoms with E-state index in [1.165, 1.54) is 5.39 Å². The topological polar surface area (TPSA) is 41.2 Å². The zero-order valence-corrected chi connectivity index (χ0v) is 13.4. The SMILES string of the molecule is COCC(C)Oc1ccc2ccn(-c3cc(C)nn3C)c2c1. The highest BCUT2D eigenvalue weighted by Crippen LogP contribution is 2.25. The maximum Gasteiger partial charge on any atom is 0.135 e. The summed E-state index contributed by atoms with van der Waals surface area (Å²) in [6.45, 7) is 4.56. The standard InChI is InChI=1S/C17H21N3O2/c1-12-9-17(19(3)18-12)20-8-7-14-5-6-15(10-16(14)20)22-13(2)11-21-4/h5-10,13H,11H2,1-4H3. The molecule has 22 heavy (non-hydrogen) atoms. The average molecular weight is 299 g/mol. The quantitative estimate of drug-likeness (QED) is 0.727. The molecule has 0 aliphatic heterocycles. The Bertz CT molecular complexity index is 788. The average Bonchev–Trinajstić information content (AvgIpc) is 3.01. The van der Waals surface area contributed by atoms with E-state index < -0.39 is 0 Å². The van der Waals surface area contributed by atoms with Crippen molar-refractivity contribution < 1.29 is 9.47 Å². The van der Waals surface area contributed by atoms with E-state index in [0.29, 0.717) is 6.61 Å². The Morgan fingerprint density at radius 2 is 2.05 bits per heavy atom. The molecule has 3 rings (SSSR count). The molecule has 1 unspecified atom stereocenters. The molecule has 0 aliphatic carbocycles. The summed E-state index contributed by atoms with van der Waals surface area (Å²) in [6.07, 6.45) is 2.08. The molecule has 0 amide bonds. The molecular formula is C17H21N3O2. The molecule has 0 bridgehead atoms. The van der Waals surface area contributed by atoms with Gasteiger partial charge in [0.1, 0.15) is 17.7 Å². The van der Waals surface area contributed by atoms with E-state index >= 15 is 0 Å². The first-order valence-corrected chi connectivity index (χ1v) is 7.36. The van der Waals surface area contributed by atoms with Crippen LogP contribution in [0.25, 0.3) is 16.7 Å². The first-order chi connectivity index (χ1) is 10.6. The van der Waals surface area contributed by atoms with Crippen molar-refractivity contribution in [2.75, 3.05) is 13.7 Å². The highest BCUT2D eigenvalue weighted by atomic mass is 16.5. The fourth-order valence-electron chi connectivity index (χ4n) is 2.70. The van der Waals surface area contributed by atoms with E-state index in [9.17, 15) is 0 Å². The predicted molar refractivity (Wildman–Crippen MR) is 86.7 cm³/mol. The second kappa shape index (κ2) is 5.85. The Morgan fingerprint density at radius 3 is 2.73 bits per heavy atom. The highest BCUT2D eigenvalue weighted by molar-refractivity contribution is 5.83. The highest BCUT2D eigenvalue weighted by Gasteiger charge is 2.10. The molecule has 0 spiro atoms. The molecule has 5 nitrogen and oxygen atoms in total. The van der Waals surface area contributed by atoms with Gasteiger partial charge in [-0.05, 0) is 32.0 Å². The van der Waals surface area contributed by atoms with Crippen LogP contribution in [-0.4, -0.2) is 34.2 Å². The number of hydrogen-bond donors (Lipinski definition) is 0. The molecule has 3 aromatic rings. The zero-order valence-electron chi connectivity index (χ0n) is 13.4. The lowest BCUT2D eigenvalue weighted by Crippen LogP contribution is -2.17. The van der Waals surface area contributed by atoms with Crippen LogP contribution in [-0.2, 0) is 11.8 Å². The Labute approximate surface area is 130 Å². The summed E-state index contributed by atoms with van der Waals surface area (Å²) in [7, 11) is 3.63. The lowest BCUT2D eigenvalue weighted by atomic mass is 10.2. The molecule has 0 fully saturated rings. The van der Waals surface area contributed by atoms with E-state index in [2.05, 4.69) is 40.1 Å². The van der Waals surface area contributed by atoms with Crippen molar-refractivity contribution in [3.05, 3.63) is 42.2 Å². The number of aryl methyl sites for hydroxylation is 2. The third kappa shape index (κ3) is 2.72. The molecule has 2 aromatic heterocycles. The van der Waals surface area contributed by atoms with Gasteiger partial charge in [0.15, 0.2) is 0 Å². The van der Waals surface area contributed by atoms with Gasteiger partial charge in [-0.3, -0.25) is 4.68 Å². The Morgan fingerprint density at radius 1 is 1.23 bits per heavy atom. The van der Waals surface area contributed by atoms with Crippen molar-refractivity contribution >= 4 is 10.9 Å². The van der Waals surface area contributed by atoms with Crippen LogP contribution in [0.2, 0.25) is 0 Å². The molecular weight excluding hydrogens is 278 g/mol. The molecule has 1 atom stereocenters. The number of fused-ring (bicyclic) bond motifs is 1. The number of nitrogens with zero attached hydrogens (tertiary/aromatic N) is 3. The smallest absolute Gasteiger partial charge is 0.135 e. The van der Waals surface area contributed by atoms with Crippen LogP contribution in [0.5, 0.6) is 5.75 Å². The molecule has 116 valence electrons. The molecule has 2 heterocycles. The Hall–Kier alpha value is -2.27. The van der Waals surface area contributed by atoms with Gasteiger partial charge in [-0.2, -0.15) is 5.10 Å². The van der Waals surface area contributed by atoms with Gasteiger partial charge in [0.25, 0.3) is 0 Å². The summed E-state index contributed by atoms with van der Waals surface area (Å²) in [6, 6.07) is 10.3. The van der Waals surface area contributed by atoms with Crippen molar-refractivity contribution in [2.24, 2.45) is 7.05 Å².